The first-order valence-electron chi connectivity index (χ1n) is 9.69. The summed E-state index contributed by atoms with van der Waals surface area (Å²) in [7, 11) is 0. The van der Waals surface area contributed by atoms with Gasteiger partial charge in [0.25, 0.3) is 5.91 Å². The van der Waals surface area contributed by atoms with Crippen LogP contribution in [-0.4, -0.2) is 5.91 Å². The van der Waals surface area contributed by atoms with Crippen molar-refractivity contribution >= 4 is 17.2 Å². The fraction of sp³-hybridized carbons (Fsp3) is 0.0769. The Bertz CT molecular complexity index is 1200. The molecule has 1 amide bonds. The number of hydrogen-bond acceptors (Lipinski definition) is 3. The van der Waals surface area contributed by atoms with Gasteiger partial charge in [-0.05, 0) is 58.3 Å². The van der Waals surface area contributed by atoms with Crippen molar-refractivity contribution in [2.45, 2.75) is 13.0 Å². The summed E-state index contributed by atoms with van der Waals surface area (Å²) in [6, 6.07) is 29.7. The first-order valence-corrected chi connectivity index (χ1v) is 10.6. The van der Waals surface area contributed by atoms with E-state index in [1.807, 2.05) is 91.2 Å². The number of benzene rings is 3. The predicted octanol–water partition coefficient (Wildman–Crippen LogP) is 6.44. The van der Waals surface area contributed by atoms with Crippen LogP contribution in [0.5, 0.6) is 0 Å². The Labute approximate surface area is 180 Å². The van der Waals surface area contributed by atoms with Gasteiger partial charge in [0, 0.05) is 0 Å². The number of amides is 1. The summed E-state index contributed by atoms with van der Waals surface area (Å²) < 4.78 is 0. The van der Waals surface area contributed by atoms with Gasteiger partial charge in [0.1, 0.15) is 0 Å². The van der Waals surface area contributed by atoms with Gasteiger partial charge in [0.2, 0.25) is 0 Å². The molecule has 4 heteroatoms. The maximum Gasteiger partial charge on any atom is 0.261 e. The SMILES string of the molecule is CC(NC(=O)c1cc(-c2ccccc2)cs1)c1ccc(-c2cccc(C#N)c2)cc1. The molecule has 0 aliphatic rings. The minimum atomic E-state index is -0.112. The molecular weight excluding hydrogens is 388 g/mol. The molecule has 1 atom stereocenters. The van der Waals surface area contributed by atoms with Gasteiger partial charge in [-0.15, -0.1) is 11.3 Å². The normalized spacial score (nSPS) is 11.5. The van der Waals surface area contributed by atoms with Crippen LogP contribution in [0.25, 0.3) is 22.3 Å². The van der Waals surface area contributed by atoms with Crippen LogP contribution in [0.4, 0.5) is 0 Å². The van der Waals surface area contributed by atoms with E-state index >= 15 is 0 Å². The Morgan fingerprint density at radius 3 is 2.30 bits per heavy atom. The molecule has 1 aromatic heterocycles. The van der Waals surface area contributed by atoms with Crippen LogP contribution < -0.4 is 5.32 Å². The third kappa shape index (κ3) is 4.32. The number of nitrogens with one attached hydrogen (secondary N) is 1. The third-order valence-corrected chi connectivity index (χ3v) is 5.94. The Morgan fingerprint density at radius 1 is 0.867 bits per heavy atom. The van der Waals surface area contributed by atoms with Crippen molar-refractivity contribution in [3.8, 4) is 28.3 Å². The minimum absolute atomic E-state index is 0.0690. The number of nitriles is 1. The molecule has 1 N–H and O–H groups in total. The predicted molar refractivity (Wildman–Crippen MR) is 122 cm³/mol. The highest BCUT2D eigenvalue weighted by atomic mass is 32.1. The number of carbonyl (C=O) groups excluding carboxylic acids is 1. The highest BCUT2D eigenvalue weighted by molar-refractivity contribution is 7.12. The highest BCUT2D eigenvalue weighted by Crippen LogP contribution is 2.27. The minimum Gasteiger partial charge on any atom is -0.345 e. The average molecular weight is 409 g/mol. The number of thiophene rings is 1. The molecule has 4 aromatic rings. The monoisotopic (exact) mass is 408 g/mol. The van der Waals surface area contributed by atoms with Crippen LogP contribution in [-0.2, 0) is 0 Å². The second kappa shape index (κ2) is 8.77. The molecule has 4 rings (SSSR count). The Morgan fingerprint density at radius 2 is 1.57 bits per heavy atom. The highest BCUT2D eigenvalue weighted by Gasteiger charge is 2.14. The van der Waals surface area contributed by atoms with E-state index in [0.717, 1.165) is 27.8 Å². The van der Waals surface area contributed by atoms with Gasteiger partial charge < -0.3 is 5.32 Å². The van der Waals surface area contributed by atoms with Crippen molar-refractivity contribution < 1.29 is 4.79 Å². The zero-order valence-electron chi connectivity index (χ0n) is 16.5. The summed E-state index contributed by atoms with van der Waals surface area (Å²) >= 11 is 1.45. The van der Waals surface area contributed by atoms with Gasteiger partial charge >= 0.3 is 0 Å². The molecule has 3 nitrogen and oxygen atoms in total. The summed E-state index contributed by atoms with van der Waals surface area (Å²) in [4.78, 5) is 13.4. The van der Waals surface area contributed by atoms with Crippen LogP contribution >= 0.6 is 11.3 Å². The summed E-state index contributed by atoms with van der Waals surface area (Å²) in [5.74, 6) is -0.0690. The van der Waals surface area contributed by atoms with E-state index in [9.17, 15) is 4.79 Å². The molecule has 30 heavy (non-hydrogen) atoms. The van der Waals surface area contributed by atoms with Gasteiger partial charge in [-0.2, -0.15) is 5.26 Å². The topological polar surface area (TPSA) is 52.9 Å². The van der Waals surface area contributed by atoms with Crippen molar-refractivity contribution in [2.24, 2.45) is 0 Å². The smallest absolute Gasteiger partial charge is 0.261 e. The van der Waals surface area contributed by atoms with E-state index in [0.29, 0.717) is 10.4 Å². The summed E-state index contributed by atoms with van der Waals surface area (Å²) in [6.45, 7) is 1.98. The molecule has 0 saturated heterocycles. The van der Waals surface area contributed by atoms with Crippen LogP contribution in [0.1, 0.15) is 33.8 Å². The van der Waals surface area contributed by atoms with Crippen molar-refractivity contribution in [2.75, 3.05) is 0 Å². The van der Waals surface area contributed by atoms with E-state index in [2.05, 4.69) is 11.4 Å². The largest absolute Gasteiger partial charge is 0.345 e. The average Bonchev–Trinajstić information content (AvgIpc) is 3.30. The van der Waals surface area contributed by atoms with E-state index in [1.165, 1.54) is 11.3 Å². The Hall–Kier alpha value is -3.68. The third-order valence-electron chi connectivity index (χ3n) is 5.01. The molecule has 1 heterocycles. The second-order valence-electron chi connectivity index (χ2n) is 7.08. The molecule has 0 radical (unpaired) electrons. The molecule has 0 bridgehead atoms. The lowest BCUT2D eigenvalue weighted by Crippen LogP contribution is -2.25. The van der Waals surface area contributed by atoms with Crippen LogP contribution in [0, 0.1) is 11.3 Å². The second-order valence-corrected chi connectivity index (χ2v) is 7.99. The lowest BCUT2D eigenvalue weighted by atomic mass is 10.00. The summed E-state index contributed by atoms with van der Waals surface area (Å²) in [6.07, 6.45) is 0. The maximum atomic E-state index is 12.7. The van der Waals surface area contributed by atoms with Gasteiger partial charge in [0.15, 0.2) is 0 Å². The standard InChI is InChI=1S/C26H20N2OS/c1-18(20-10-12-22(13-11-20)23-9-5-6-19(14-23)16-27)28-26(29)25-15-24(17-30-25)21-7-3-2-4-8-21/h2-15,17-18H,1H3,(H,28,29). The molecule has 0 saturated carbocycles. The van der Waals surface area contributed by atoms with E-state index in [-0.39, 0.29) is 11.9 Å². The van der Waals surface area contributed by atoms with Crippen molar-refractivity contribution in [3.05, 3.63) is 106 Å². The quantitative estimate of drug-likeness (QED) is 0.413. The zero-order chi connectivity index (χ0) is 20.9. The molecule has 1 unspecified atom stereocenters. The molecular formula is C26H20N2OS. The zero-order valence-corrected chi connectivity index (χ0v) is 17.3. The molecule has 0 fully saturated rings. The first-order chi connectivity index (χ1) is 14.6. The van der Waals surface area contributed by atoms with Gasteiger partial charge in [-0.1, -0.05) is 66.7 Å². The fourth-order valence-corrected chi connectivity index (χ4v) is 4.14. The number of hydrogen-bond donors (Lipinski definition) is 1. The molecule has 0 aliphatic carbocycles. The van der Waals surface area contributed by atoms with E-state index in [1.54, 1.807) is 6.07 Å². The number of nitrogens with zero attached hydrogens (tertiary/aromatic N) is 1. The fourth-order valence-electron chi connectivity index (χ4n) is 3.32. The number of carbonyl (C=O) groups is 1. The van der Waals surface area contributed by atoms with E-state index < -0.39 is 0 Å². The first kappa shape index (κ1) is 19.6. The maximum absolute atomic E-state index is 12.7. The summed E-state index contributed by atoms with van der Waals surface area (Å²) in [5, 5.41) is 14.2. The lowest BCUT2D eigenvalue weighted by molar-refractivity contribution is 0.0944. The van der Waals surface area contributed by atoms with Crippen LogP contribution in [0.3, 0.4) is 0 Å². The molecule has 0 spiro atoms. The Balaban J connectivity index is 1.45. The Kier molecular flexibility index (Phi) is 5.74. The van der Waals surface area contributed by atoms with Crippen LogP contribution in [0.2, 0.25) is 0 Å². The number of rotatable bonds is 5. The van der Waals surface area contributed by atoms with Gasteiger partial charge in [-0.3, -0.25) is 4.79 Å². The van der Waals surface area contributed by atoms with Crippen molar-refractivity contribution in [1.29, 1.82) is 5.26 Å². The van der Waals surface area contributed by atoms with Gasteiger partial charge in [-0.25, -0.2) is 0 Å². The lowest BCUT2D eigenvalue weighted by Gasteiger charge is -2.14. The van der Waals surface area contributed by atoms with Gasteiger partial charge in [0.05, 0.1) is 22.6 Å². The molecule has 0 aliphatic heterocycles. The molecule has 146 valence electrons. The molecule has 3 aromatic carbocycles. The van der Waals surface area contributed by atoms with E-state index in [4.69, 9.17) is 5.26 Å². The summed E-state index contributed by atoms with van der Waals surface area (Å²) in [5.41, 5.74) is 5.88. The van der Waals surface area contributed by atoms with Crippen molar-refractivity contribution in [3.63, 3.8) is 0 Å². The van der Waals surface area contributed by atoms with Crippen molar-refractivity contribution in [1.82, 2.24) is 5.32 Å². The van der Waals surface area contributed by atoms with Crippen LogP contribution in [0.15, 0.2) is 90.3 Å².